The van der Waals surface area contributed by atoms with E-state index in [9.17, 15) is 12.9 Å². The van der Waals surface area contributed by atoms with E-state index in [-0.39, 0.29) is 12.2 Å². The van der Waals surface area contributed by atoms with Crippen LogP contribution in [0.1, 0.15) is 5.56 Å². The highest BCUT2D eigenvalue weighted by Crippen LogP contribution is 2.15. The van der Waals surface area contributed by atoms with Gasteiger partial charge in [0, 0.05) is 0 Å². The second-order valence-corrected chi connectivity index (χ2v) is 3.00. The molecule has 0 aromatic heterocycles. The van der Waals surface area contributed by atoms with Gasteiger partial charge in [-0.05, 0) is 17.7 Å². The van der Waals surface area contributed by atoms with Crippen LogP contribution in [0.3, 0.4) is 0 Å². The molecule has 1 rings (SSSR count). The fourth-order valence-corrected chi connectivity index (χ4v) is 0.986. The van der Waals surface area contributed by atoms with Crippen LogP contribution in [0.4, 0.5) is 12.9 Å². The molecule has 2 nitrogen and oxygen atoms in total. The quantitative estimate of drug-likeness (QED) is 0.721. The van der Waals surface area contributed by atoms with E-state index >= 15 is 0 Å². The van der Waals surface area contributed by atoms with Gasteiger partial charge >= 0.3 is 6.98 Å². The Labute approximate surface area is 85.3 Å². The molecule has 0 aliphatic carbocycles. The van der Waals surface area contributed by atoms with Crippen LogP contribution in [0, 0.1) is 11.3 Å². The van der Waals surface area contributed by atoms with E-state index in [1.807, 2.05) is 6.07 Å². The minimum atomic E-state index is -4.92. The van der Waals surface area contributed by atoms with Gasteiger partial charge in [-0.1, -0.05) is 12.1 Å². The van der Waals surface area contributed by atoms with Gasteiger partial charge in [-0.3, -0.25) is 0 Å². The van der Waals surface area contributed by atoms with Gasteiger partial charge in [-0.2, -0.15) is 5.26 Å². The van der Waals surface area contributed by atoms with Crippen molar-refractivity contribution in [3.63, 3.8) is 0 Å². The summed E-state index contributed by atoms with van der Waals surface area (Å²) < 4.78 is 40.0. The Morgan fingerprint density at radius 2 is 1.80 bits per heavy atom. The number of rotatable bonds is 4. The standard InChI is InChI=1S/C9H8BF3NO/c11-10(12,13)7-15-9-3-1-8(2-4-9)5-6-14/h1-4H,5,7H2/q-1. The lowest BCUT2D eigenvalue weighted by Gasteiger charge is -2.14. The molecule has 0 saturated heterocycles. The maximum Gasteiger partial charge on any atom is 0.515 e. The predicted molar refractivity (Wildman–Crippen MR) is 50.3 cm³/mol. The van der Waals surface area contributed by atoms with E-state index in [4.69, 9.17) is 5.26 Å². The summed E-state index contributed by atoms with van der Waals surface area (Å²) in [5.41, 5.74) is 0.752. The molecule has 0 fully saturated rings. The molecular formula is C9H8BF3NO-. The molecule has 0 amide bonds. The van der Waals surface area contributed by atoms with Gasteiger partial charge < -0.3 is 17.7 Å². The molecule has 0 saturated carbocycles. The number of nitrogens with zero attached hydrogens (tertiary/aromatic N) is 1. The van der Waals surface area contributed by atoms with Crippen molar-refractivity contribution in [2.75, 3.05) is 6.51 Å². The molecule has 0 radical (unpaired) electrons. The summed E-state index contributed by atoms with van der Waals surface area (Å²) in [4.78, 5) is 0. The van der Waals surface area contributed by atoms with Crippen LogP contribution in [0.15, 0.2) is 24.3 Å². The minimum absolute atomic E-state index is 0.163. The molecule has 0 bridgehead atoms. The number of hydrogen-bond acceptors (Lipinski definition) is 2. The van der Waals surface area contributed by atoms with E-state index in [2.05, 4.69) is 4.74 Å². The van der Waals surface area contributed by atoms with Gasteiger partial charge in [0.15, 0.2) is 0 Å². The van der Waals surface area contributed by atoms with Gasteiger partial charge in [0.1, 0.15) is 5.75 Å². The Morgan fingerprint density at radius 1 is 1.20 bits per heavy atom. The first kappa shape index (κ1) is 11.4. The maximum absolute atomic E-state index is 11.8. The van der Waals surface area contributed by atoms with E-state index in [0.29, 0.717) is 0 Å². The fourth-order valence-electron chi connectivity index (χ4n) is 0.986. The van der Waals surface area contributed by atoms with Crippen molar-refractivity contribution in [2.45, 2.75) is 6.42 Å². The van der Waals surface area contributed by atoms with Gasteiger partial charge in [-0.15, -0.1) is 0 Å². The normalized spacial score (nSPS) is 10.8. The summed E-state index contributed by atoms with van der Waals surface area (Å²) in [7, 11) is 0. The molecule has 0 aliphatic heterocycles. The van der Waals surface area contributed by atoms with E-state index < -0.39 is 13.5 Å². The predicted octanol–water partition coefficient (Wildman–Crippen LogP) is 2.52. The number of nitriles is 1. The van der Waals surface area contributed by atoms with E-state index in [1.54, 1.807) is 12.1 Å². The SMILES string of the molecule is N#CCc1ccc(OC[B-](F)(F)F)cc1. The third kappa shape index (κ3) is 4.41. The zero-order valence-electron chi connectivity index (χ0n) is 7.79. The van der Waals surface area contributed by atoms with Crippen molar-refractivity contribution in [2.24, 2.45) is 0 Å². The molecule has 0 unspecified atom stereocenters. The summed E-state index contributed by atoms with van der Waals surface area (Å²) in [5.74, 6) is 0.163. The van der Waals surface area contributed by atoms with E-state index in [0.717, 1.165) is 5.56 Å². The summed E-state index contributed by atoms with van der Waals surface area (Å²) in [6.45, 7) is -6.16. The Hall–Kier alpha value is -1.64. The third-order valence-electron chi connectivity index (χ3n) is 1.65. The second-order valence-electron chi connectivity index (χ2n) is 3.00. The highest BCUT2D eigenvalue weighted by atomic mass is 19.4. The van der Waals surface area contributed by atoms with Crippen LogP contribution >= 0.6 is 0 Å². The minimum Gasteiger partial charge on any atom is -0.522 e. The van der Waals surface area contributed by atoms with Gasteiger partial charge in [0.2, 0.25) is 0 Å². The molecule has 0 heterocycles. The zero-order valence-corrected chi connectivity index (χ0v) is 7.79. The largest absolute Gasteiger partial charge is 0.522 e. The number of halogens is 3. The van der Waals surface area contributed by atoms with Gasteiger partial charge in [0.05, 0.1) is 19.0 Å². The first-order chi connectivity index (χ1) is 7.01. The van der Waals surface area contributed by atoms with Crippen LogP contribution in [0.2, 0.25) is 0 Å². The lowest BCUT2D eigenvalue weighted by molar-refractivity contribution is 0.313. The van der Waals surface area contributed by atoms with Gasteiger partial charge in [0.25, 0.3) is 0 Å². The molecule has 0 spiro atoms. The molecule has 0 aliphatic rings. The Kier molecular flexibility index (Phi) is 3.61. The molecule has 0 N–H and O–H groups in total. The zero-order chi connectivity index (χ0) is 11.3. The summed E-state index contributed by atoms with van der Waals surface area (Å²) >= 11 is 0. The highest BCUT2D eigenvalue weighted by Gasteiger charge is 2.23. The van der Waals surface area contributed by atoms with Crippen molar-refractivity contribution in [3.05, 3.63) is 29.8 Å². The maximum atomic E-state index is 11.8. The van der Waals surface area contributed by atoms with Crippen molar-refractivity contribution < 1.29 is 17.7 Å². The fraction of sp³-hybridized carbons (Fsp3) is 0.222. The molecule has 15 heavy (non-hydrogen) atoms. The van der Waals surface area contributed by atoms with Crippen LogP contribution in [-0.4, -0.2) is 13.5 Å². The van der Waals surface area contributed by atoms with Gasteiger partial charge in [-0.25, -0.2) is 0 Å². The molecule has 1 aromatic carbocycles. The van der Waals surface area contributed by atoms with Crippen molar-refractivity contribution in [3.8, 4) is 11.8 Å². The van der Waals surface area contributed by atoms with Crippen LogP contribution in [-0.2, 0) is 6.42 Å². The molecule has 80 valence electrons. The summed E-state index contributed by atoms with van der Waals surface area (Å²) in [6.07, 6.45) is 0.240. The molecule has 1 aromatic rings. The molecule has 0 atom stereocenters. The Morgan fingerprint density at radius 3 is 2.27 bits per heavy atom. The third-order valence-corrected chi connectivity index (χ3v) is 1.65. The number of hydrogen-bond donors (Lipinski definition) is 0. The lowest BCUT2D eigenvalue weighted by Crippen LogP contribution is -2.26. The molecule has 6 heteroatoms. The van der Waals surface area contributed by atoms with E-state index in [1.165, 1.54) is 12.1 Å². The Balaban J connectivity index is 2.54. The average Bonchev–Trinajstić information content (AvgIpc) is 2.16. The number of ether oxygens (including phenoxy) is 1. The average molecular weight is 214 g/mol. The van der Waals surface area contributed by atoms with Crippen molar-refractivity contribution in [1.82, 2.24) is 0 Å². The number of benzene rings is 1. The summed E-state index contributed by atoms with van der Waals surface area (Å²) in [5, 5.41) is 8.37. The second kappa shape index (κ2) is 4.74. The van der Waals surface area contributed by atoms with Crippen molar-refractivity contribution in [1.29, 1.82) is 5.26 Å². The van der Waals surface area contributed by atoms with Crippen LogP contribution in [0.5, 0.6) is 5.75 Å². The van der Waals surface area contributed by atoms with Crippen LogP contribution in [0.25, 0.3) is 0 Å². The van der Waals surface area contributed by atoms with Crippen LogP contribution < -0.4 is 4.74 Å². The lowest BCUT2D eigenvalue weighted by atomic mass is 9.95. The topological polar surface area (TPSA) is 33.0 Å². The smallest absolute Gasteiger partial charge is 0.515 e. The first-order valence-electron chi connectivity index (χ1n) is 4.31. The summed E-state index contributed by atoms with van der Waals surface area (Å²) in [6, 6.07) is 7.93. The highest BCUT2D eigenvalue weighted by molar-refractivity contribution is 6.58. The monoisotopic (exact) mass is 214 g/mol. The Bertz CT molecular complexity index is 355. The first-order valence-corrected chi connectivity index (χ1v) is 4.31. The van der Waals surface area contributed by atoms with Crippen molar-refractivity contribution >= 4 is 6.98 Å². The molecular weight excluding hydrogens is 206 g/mol.